The van der Waals surface area contributed by atoms with E-state index in [0.29, 0.717) is 18.7 Å². The highest BCUT2D eigenvalue weighted by Crippen LogP contribution is 2.39. The van der Waals surface area contributed by atoms with E-state index in [1.165, 1.54) is 0 Å². The normalized spacial score (nSPS) is 17.9. The van der Waals surface area contributed by atoms with Crippen molar-refractivity contribution in [3.05, 3.63) is 12.3 Å². The van der Waals surface area contributed by atoms with Gasteiger partial charge in [-0.3, -0.25) is 14.3 Å². The molecule has 1 aliphatic rings. The van der Waals surface area contributed by atoms with E-state index in [9.17, 15) is 14.7 Å². The predicted molar refractivity (Wildman–Crippen MR) is 69.6 cm³/mol. The van der Waals surface area contributed by atoms with Crippen molar-refractivity contribution in [1.29, 1.82) is 0 Å². The Kier molecular flexibility index (Phi) is 3.87. The average Bonchev–Trinajstić information content (AvgIpc) is 2.75. The highest BCUT2D eigenvalue weighted by atomic mass is 16.4. The molecule has 104 valence electrons. The lowest BCUT2D eigenvalue weighted by Crippen LogP contribution is -2.37. The van der Waals surface area contributed by atoms with Gasteiger partial charge in [-0.05, 0) is 12.8 Å². The molecule has 0 spiro atoms. The monoisotopic (exact) mass is 265 g/mol. The lowest BCUT2D eigenvalue weighted by molar-refractivity contribution is -0.153. The van der Waals surface area contributed by atoms with Crippen molar-refractivity contribution in [2.24, 2.45) is 12.5 Å². The molecule has 1 aromatic rings. The summed E-state index contributed by atoms with van der Waals surface area (Å²) in [4.78, 5) is 23.4. The zero-order chi connectivity index (χ0) is 13.9. The number of amides is 1. The summed E-state index contributed by atoms with van der Waals surface area (Å²) >= 11 is 0. The summed E-state index contributed by atoms with van der Waals surface area (Å²) in [5, 5.41) is 16.1. The van der Waals surface area contributed by atoms with Crippen molar-refractivity contribution in [2.75, 3.05) is 5.32 Å². The minimum atomic E-state index is -0.892. The zero-order valence-electron chi connectivity index (χ0n) is 11.1. The first-order chi connectivity index (χ1) is 9.02. The third kappa shape index (κ3) is 3.13. The maximum Gasteiger partial charge on any atom is 0.310 e. The molecule has 0 unspecified atom stereocenters. The molecule has 6 heteroatoms. The highest BCUT2D eigenvalue weighted by Gasteiger charge is 2.41. The van der Waals surface area contributed by atoms with Gasteiger partial charge in [-0.1, -0.05) is 19.3 Å². The number of aryl methyl sites for hydroxylation is 1. The molecule has 0 bridgehead atoms. The SMILES string of the molecule is Cn1ccc(NC(=O)CC2(C(=O)O)CCCCC2)n1. The molecule has 0 saturated heterocycles. The van der Waals surface area contributed by atoms with E-state index in [0.717, 1.165) is 19.3 Å². The summed E-state index contributed by atoms with van der Waals surface area (Å²) in [6.45, 7) is 0. The van der Waals surface area contributed by atoms with Gasteiger partial charge in [0, 0.05) is 25.7 Å². The van der Waals surface area contributed by atoms with Gasteiger partial charge in [-0.25, -0.2) is 0 Å². The average molecular weight is 265 g/mol. The predicted octanol–water partition coefficient (Wildman–Crippen LogP) is 1.78. The maximum absolute atomic E-state index is 12.0. The first-order valence-electron chi connectivity index (χ1n) is 6.55. The molecule has 1 saturated carbocycles. The number of hydrogen-bond donors (Lipinski definition) is 2. The number of hydrogen-bond acceptors (Lipinski definition) is 3. The van der Waals surface area contributed by atoms with Crippen LogP contribution in [-0.4, -0.2) is 26.8 Å². The summed E-state index contributed by atoms with van der Waals surface area (Å²) in [6, 6.07) is 1.69. The second-order valence-corrected chi connectivity index (χ2v) is 5.25. The standard InChI is InChI=1S/C13H19N3O3/c1-16-8-5-10(15-16)14-11(17)9-13(12(18)19)6-3-2-4-7-13/h5,8H,2-4,6-7,9H2,1H3,(H,18,19)(H,14,15,17). The van der Waals surface area contributed by atoms with Crippen molar-refractivity contribution >= 4 is 17.7 Å². The van der Waals surface area contributed by atoms with E-state index in [-0.39, 0.29) is 12.3 Å². The molecule has 19 heavy (non-hydrogen) atoms. The molecule has 0 atom stereocenters. The third-order valence-corrected chi connectivity index (χ3v) is 3.74. The second-order valence-electron chi connectivity index (χ2n) is 5.25. The van der Waals surface area contributed by atoms with E-state index in [4.69, 9.17) is 0 Å². The van der Waals surface area contributed by atoms with Crippen LogP contribution >= 0.6 is 0 Å². The maximum atomic E-state index is 12.0. The molecule has 1 aliphatic carbocycles. The van der Waals surface area contributed by atoms with Gasteiger partial charge in [0.05, 0.1) is 5.41 Å². The minimum absolute atomic E-state index is 0.0267. The molecule has 0 aliphatic heterocycles. The Bertz CT molecular complexity index is 475. The Morgan fingerprint density at radius 1 is 1.42 bits per heavy atom. The fraction of sp³-hybridized carbons (Fsp3) is 0.615. The van der Waals surface area contributed by atoms with Crippen molar-refractivity contribution in [3.63, 3.8) is 0 Å². The Hall–Kier alpha value is -1.85. The summed E-state index contributed by atoms with van der Waals surface area (Å²) in [5.74, 6) is -0.671. The van der Waals surface area contributed by atoms with E-state index in [2.05, 4.69) is 10.4 Å². The van der Waals surface area contributed by atoms with Crippen molar-refractivity contribution < 1.29 is 14.7 Å². The molecule has 1 aromatic heterocycles. The number of carboxylic acids is 1. The van der Waals surface area contributed by atoms with Crippen LogP contribution in [0.2, 0.25) is 0 Å². The van der Waals surface area contributed by atoms with E-state index < -0.39 is 11.4 Å². The number of carbonyl (C=O) groups is 2. The highest BCUT2D eigenvalue weighted by molar-refractivity contribution is 5.93. The van der Waals surface area contributed by atoms with E-state index in [1.807, 2.05) is 0 Å². The van der Waals surface area contributed by atoms with Gasteiger partial charge in [-0.2, -0.15) is 5.10 Å². The van der Waals surface area contributed by atoms with Gasteiger partial charge >= 0.3 is 5.97 Å². The first kappa shape index (κ1) is 13.6. The Labute approximate surface area is 111 Å². The molecule has 1 fully saturated rings. The minimum Gasteiger partial charge on any atom is -0.481 e. The molecule has 6 nitrogen and oxygen atoms in total. The smallest absolute Gasteiger partial charge is 0.310 e. The number of anilines is 1. The Morgan fingerprint density at radius 2 is 2.11 bits per heavy atom. The summed E-state index contributed by atoms with van der Waals surface area (Å²) in [5.41, 5.74) is -0.892. The number of aromatic nitrogens is 2. The molecule has 2 rings (SSSR count). The van der Waals surface area contributed by atoms with Gasteiger partial charge in [-0.15, -0.1) is 0 Å². The third-order valence-electron chi connectivity index (χ3n) is 3.74. The van der Waals surface area contributed by atoms with E-state index >= 15 is 0 Å². The Balaban J connectivity index is 2.01. The van der Waals surface area contributed by atoms with Crippen molar-refractivity contribution in [2.45, 2.75) is 38.5 Å². The van der Waals surface area contributed by atoms with E-state index in [1.54, 1.807) is 24.0 Å². The number of nitrogens with zero attached hydrogens (tertiary/aromatic N) is 2. The lowest BCUT2D eigenvalue weighted by Gasteiger charge is -2.32. The van der Waals surface area contributed by atoms with Crippen LogP contribution in [0.4, 0.5) is 5.82 Å². The van der Waals surface area contributed by atoms with Crippen LogP contribution < -0.4 is 5.32 Å². The van der Waals surface area contributed by atoms with Crippen LogP contribution in [-0.2, 0) is 16.6 Å². The molecular weight excluding hydrogens is 246 g/mol. The summed E-state index contributed by atoms with van der Waals surface area (Å²) in [6.07, 6.45) is 5.72. The lowest BCUT2D eigenvalue weighted by atomic mass is 9.71. The molecule has 1 heterocycles. The summed E-state index contributed by atoms with van der Waals surface area (Å²) in [7, 11) is 1.76. The number of rotatable bonds is 4. The van der Waals surface area contributed by atoms with Gasteiger partial charge in [0.15, 0.2) is 5.82 Å². The molecular formula is C13H19N3O3. The van der Waals surface area contributed by atoms with Crippen LogP contribution in [0.5, 0.6) is 0 Å². The molecule has 0 aromatic carbocycles. The number of aliphatic carboxylic acids is 1. The molecule has 2 N–H and O–H groups in total. The van der Waals surface area contributed by atoms with Crippen LogP contribution in [0.15, 0.2) is 12.3 Å². The Morgan fingerprint density at radius 3 is 2.63 bits per heavy atom. The van der Waals surface area contributed by atoms with Gasteiger partial charge < -0.3 is 10.4 Å². The molecule has 1 amide bonds. The van der Waals surface area contributed by atoms with Gasteiger partial charge in [0.2, 0.25) is 5.91 Å². The number of carbonyl (C=O) groups excluding carboxylic acids is 1. The molecule has 0 radical (unpaired) electrons. The topological polar surface area (TPSA) is 84.2 Å². The zero-order valence-corrected chi connectivity index (χ0v) is 11.1. The van der Waals surface area contributed by atoms with Gasteiger partial charge in [0.1, 0.15) is 0 Å². The fourth-order valence-corrected chi connectivity index (χ4v) is 2.67. The van der Waals surface area contributed by atoms with Crippen molar-refractivity contribution in [3.8, 4) is 0 Å². The number of nitrogens with one attached hydrogen (secondary N) is 1. The fourth-order valence-electron chi connectivity index (χ4n) is 2.67. The first-order valence-corrected chi connectivity index (χ1v) is 6.55. The van der Waals surface area contributed by atoms with Crippen LogP contribution in [0, 0.1) is 5.41 Å². The van der Waals surface area contributed by atoms with Crippen LogP contribution in [0.1, 0.15) is 38.5 Å². The van der Waals surface area contributed by atoms with Crippen LogP contribution in [0.3, 0.4) is 0 Å². The quantitative estimate of drug-likeness (QED) is 0.869. The number of carboxylic acid groups (broad SMARTS) is 1. The largest absolute Gasteiger partial charge is 0.481 e. The van der Waals surface area contributed by atoms with Crippen LogP contribution in [0.25, 0.3) is 0 Å². The van der Waals surface area contributed by atoms with Gasteiger partial charge in [0.25, 0.3) is 0 Å². The summed E-state index contributed by atoms with van der Waals surface area (Å²) < 4.78 is 1.59. The second kappa shape index (κ2) is 5.42. The van der Waals surface area contributed by atoms with Crippen molar-refractivity contribution in [1.82, 2.24) is 9.78 Å².